The molecule has 1 aromatic heterocycles. The van der Waals surface area contributed by atoms with Crippen molar-refractivity contribution in [2.45, 2.75) is 13.3 Å². The molecule has 0 fully saturated rings. The highest BCUT2D eigenvalue weighted by atomic mass is 35.5. The summed E-state index contributed by atoms with van der Waals surface area (Å²) in [6, 6.07) is 9.10. The van der Waals surface area contributed by atoms with Crippen molar-refractivity contribution in [2.75, 3.05) is 17.2 Å². The first-order chi connectivity index (χ1) is 10.0. The lowest BCUT2D eigenvalue weighted by Crippen LogP contribution is -2.08. The molecule has 2 N–H and O–H groups in total. The number of aromatic nitrogens is 1. The second kappa shape index (κ2) is 7.29. The van der Waals surface area contributed by atoms with Crippen LogP contribution in [0.4, 0.5) is 11.5 Å². The molecule has 21 heavy (non-hydrogen) atoms. The first-order valence-electron chi connectivity index (χ1n) is 6.46. The van der Waals surface area contributed by atoms with Crippen molar-refractivity contribution in [1.29, 1.82) is 0 Å². The molecule has 0 atom stereocenters. The lowest BCUT2D eigenvalue weighted by atomic mass is 10.1. The fraction of sp³-hybridized carbons (Fsp3) is 0.200. The minimum absolute atomic E-state index is 0.138. The Labute approximate surface area is 133 Å². The maximum Gasteiger partial charge on any atom is 0.222 e. The van der Waals surface area contributed by atoms with E-state index in [2.05, 4.69) is 15.6 Å². The molecule has 0 saturated heterocycles. The SMILES string of the molecule is CC(=O)Nc1ccc(NCCc2ccc(Cl)cc2Cl)cn1. The van der Waals surface area contributed by atoms with E-state index in [0.29, 0.717) is 15.9 Å². The van der Waals surface area contributed by atoms with Crippen LogP contribution in [0.3, 0.4) is 0 Å². The molecule has 2 aromatic rings. The van der Waals surface area contributed by atoms with E-state index in [9.17, 15) is 4.79 Å². The number of amides is 1. The van der Waals surface area contributed by atoms with E-state index in [1.807, 2.05) is 18.2 Å². The van der Waals surface area contributed by atoms with E-state index < -0.39 is 0 Å². The third-order valence-electron chi connectivity index (χ3n) is 2.81. The van der Waals surface area contributed by atoms with Gasteiger partial charge in [-0.05, 0) is 36.2 Å². The van der Waals surface area contributed by atoms with E-state index >= 15 is 0 Å². The maximum absolute atomic E-state index is 10.9. The topological polar surface area (TPSA) is 54.0 Å². The van der Waals surface area contributed by atoms with Crippen molar-refractivity contribution >= 4 is 40.6 Å². The molecule has 110 valence electrons. The first-order valence-corrected chi connectivity index (χ1v) is 7.21. The molecule has 4 nitrogen and oxygen atoms in total. The highest BCUT2D eigenvalue weighted by Gasteiger charge is 2.02. The molecule has 2 rings (SSSR count). The summed E-state index contributed by atoms with van der Waals surface area (Å²) in [4.78, 5) is 15.0. The third-order valence-corrected chi connectivity index (χ3v) is 3.39. The summed E-state index contributed by atoms with van der Waals surface area (Å²) in [5.41, 5.74) is 1.92. The van der Waals surface area contributed by atoms with Gasteiger partial charge in [-0.1, -0.05) is 29.3 Å². The number of carbonyl (C=O) groups excluding carboxylic acids is 1. The molecule has 1 heterocycles. The molecule has 6 heteroatoms. The van der Waals surface area contributed by atoms with Crippen molar-refractivity contribution in [1.82, 2.24) is 4.98 Å². The Morgan fingerprint density at radius 3 is 2.67 bits per heavy atom. The molecule has 0 aliphatic heterocycles. The molecule has 0 aliphatic rings. The van der Waals surface area contributed by atoms with Gasteiger partial charge >= 0.3 is 0 Å². The van der Waals surface area contributed by atoms with Gasteiger partial charge in [0.05, 0.1) is 11.9 Å². The Morgan fingerprint density at radius 2 is 2.05 bits per heavy atom. The average molecular weight is 324 g/mol. The highest BCUT2D eigenvalue weighted by molar-refractivity contribution is 6.35. The molecule has 0 radical (unpaired) electrons. The van der Waals surface area contributed by atoms with Gasteiger partial charge in [0.2, 0.25) is 5.91 Å². The van der Waals surface area contributed by atoms with Crippen LogP contribution in [0.25, 0.3) is 0 Å². The zero-order valence-electron chi connectivity index (χ0n) is 11.5. The summed E-state index contributed by atoms with van der Waals surface area (Å²) in [6.45, 7) is 2.17. The Bertz CT molecular complexity index is 629. The number of carbonyl (C=O) groups is 1. The van der Waals surface area contributed by atoms with Crippen LogP contribution in [0.1, 0.15) is 12.5 Å². The number of hydrogen-bond acceptors (Lipinski definition) is 3. The molecule has 0 unspecified atom stereocenters. The van der Waals surface area contributed by atoms with Gasteiger partial charge in [0, 0.05) is 23.5 Å². The smallest absolute Gasteiger partial charge is 0.222 e. The number of nitrogens with one attached hydrogen (secondary N) is 2. The number of pyridine rings is 1. The largest absolute Gasteiger partial charge is 0.383 e. The molecule has 0 spiro atoms. The molecule has 1 aromatic carbocycles. The van der Waals surface area contributed by atoms with Gasteiger partial charge in [-0.25, -0.2) is 4.98 Å². The van der Waals surface area contributed by atoms with Crippen molar-refractivity contribution in [3.63, 3.8) is 0 Å². The number of anilines is 2. The molecule has 0 saturated carbocycles. The lowest BCUT2D eigenvalue weighted by molar-refractivity contribution is -0.114. The van der Waals surface area contributed by atoms with Crippen molar-refractivity contribution in [3.8, 4) is 0 Å². The van der Waals surface area contributed by atoms with Gasteiger partial charge in [0.15, 0.2) is 0 Å². The molecule has 1 amide bonds. The zero-order chi connectivity index (χ0) is 15.2. The fourth-order valence-electron chi connectivity index (χ4n) is 1.82. The number of nitrogens with zero attached hydrogens (tertiary/aromatic N) is 1. The van der Waals surface area contributed by atoms with Crippen molar-refractivity contribution < 1.29 is 4.79 Å². The van der Waals surface area contributed by atoms with Gasteiger partial charge in [-0.3, -0.25) is 4.79 Å². The van der Waals surface area contributed by atoms with Gasteiger partial charge in [-0.2, -0.15) is 0 Å². The predicted octanol–water partition coefficient (Wildman–Crippen LogP) is 4.00. The fourth-order valence-corrected chi connectivity index (χ4v) is 2.32. The third kappa shape index (κ3) is 4.92. The van der Waals surface area contributed by atoms with Crippen LogP contribution >= 0.6 is 23.2 Å². The first kappa shape index (κ1) is 15.6. The van der Waals surface area contributed by atoms with Gasteiger partial charge in [0.1, 0.15) is 5.82 Å². The van der Waals surface area contributed by atoms with Crippen LogP contribution in [-0.2, 0) is 11.2 Å². The quantitative estimate of drug-likeness (QED) is 0.874. The minimum atomic E-state index is -0.138. The van der Waals surface area contributed by atoms with E-state index in [0.717, 1.165) is 24.2 Å². The summed E-state index contributed by atoms with van der Waals surface area (Å²) in [5, 5.41) is 7.17. The Balaban J connectivity index is 1.87. The van der Waals surface area contributed by atoms with Gasteiger partial charge in [-0.15, -0.1) is 0 Å². The molecular formula is C15H15Cl2N3O. The van der Waals surface area contributed by atoms with Crippen LogP contribution in [0.5, 0.6) is 0 Å². The van der Waals surface area contributed by atoms with Gasteiger partial charge < -0.3 is 10.6 Å². The molecular weight excluding hydrogens is 309 g/mol. The number of halogens is 2. The Hall–Kier alpha value is -1.78. The van der Waals surface area contributed by atoms with Crippen LogP contribution < -0.4 is 10.6 Å². The highest BCUT2D eigenvalue weighted by Crippen LogP contribution is 2.21. The summed E-state index contributed by atoms with van der Waals surface area (Å²) in [7, 11) is 0. The summed E-state index contributed by atoms with van der Waals surface area (Å²) < 4.78 is 0. The van der Waals surface area contributed by atoms with E-state index in [4.69, 9.17) is 23.2 Å². The zero-order valence-corrected chi connectivity index (χ0v) is 13.0. The van der Waals surface area contributed by atoms with E-state index in [1.165, 1.54) is 6.92 Å². The normalized spacial score (nSPS) is 10.2. The van der Waals surface area contributed by atoms with E-state index in [1.54, 1.807) is 18.3 Å². The Morgan fingerprint density at radius 1 is 1.24 bits per heavy atom. The number of hydrogen-bond donors (Lipinski definition) is 2. The second-order valence-corrected chi connectivity index (χ2v) is 5.37. The van der Waals surface area contributed by atoms with Crippen molar-refractivity contribution in [3.05, 3.63) is 52.1 Å². The molecule has 0 bridgehead atoms. The van der Waals surface area contributed by atoms with Gasteiger partial charge in [0.25, 0.3) is 0 Å². The monoisotopic (exact) mass is 323 g/mol. The van der Waals surface area contributed by atoms with Crippen molar-refractivity contribution in [2.24, 2.45) is 0 Å². The second-order valence-electron chi connectivity index (χ2n) is 4.53. The van der Waals surface area contributed by atoms with Crippen LogP contribution in [-0.4, -0.2) is 17.4 Å². The standard InChI is InChI=1S/C15H15Cl2N3O/c1-10(21)20-15-5-4-13(9-19-15)18-7-6-11-2-3-12(16)8-14(11)17/h2-5,8-9,18H,6-7H2,1H3,(H,19,20,21). The minimum Gasteiger partial charge on any atom is -0.383 e. The maximum atomic E-state index is 10.9. The number of benzene rings is 1. The Kier molecular flexibility index (Phi) is 5.42. The number of rotatable bonds is 5. The average Bonchev–Trinajstić information content (AvgIpc) is 2.42. The van der Waals surface area contributed by atoms with Crippen LogP contribution in [0.2, 0.25) is 10.0 Å². The lowest BCUT2D eigenvalue weighted by Gasteiger charge is -2.08. The van der Waals surface area contributed by atoms with Crippen LogP contribution in [0.15, 0.2) is 36.5 Å². The van der Waals surface area contributed by atoms with Crippen LogP contribution in [0, 0.1) is 0 Å². The summed E-state index contributed by atoms with van der Waals surface area (Å²) in [6.07, 6.45) is 2.46. The predicted molar refractivity (Wildman–Crippen MR) is 87.2 cm³/mol. The summed E-state index contributed by atoms with van der Waals surface area (Å²) >= 11 is 12.0. The van der Waals surface area contributed by atoms with E-state index in [-0.39, 0.29) is 5.91 Å². The summed E-state index contributed by atoms with van der Waals surface area (Å²) in [5.74, 6) is 0.398. The molecule has 0 aliphatic carbocycles.